The Labute approximate surface area is 292 Å². The monoisotopic (exact) mass is 634 g/mol. The zero-order valence-electron chi connectivity index (χ0n) is 27.6. The SMILES string of the molecule is C1=CC2C(c3ccc(-c4ccc5cc(-c6cccc7ccccc67)ccc5c4)cc3)=c3ccccc3=C(c3cccc4ccccc34)C2C=C1. The van der Waals surface area contributed by atoms with Crippen molar-refractivity contribution in [1.29, 1.82) is 0 Å². The summed E-state index contributed by atoms with van der Waals surface area (Å²) in [6, 6.07) is 62.8. The number of allylic oxidation sites excluding steroid dienone is 4. The molecule has 8 aromatic carbocycles. The summed E-state index contributed by atoms with van der Waals surface area (Å²) < 4.78 is 0. The van der Waals surface area contributed by atoms with Crippen molar-refractivity contribution in [2.24, 2.45) is 11.8 Å². The topological polar surface area (TPSA) is 0 Å². The number of hydrogen-bond acceptors (Lipinski definition) is 0. The van der Waals surface area contributed by atoms with Crippen molar-refractivity contribution in [2.75, 3.05) is 0 Å². The fourth-order valence-corrected chi connectivity index (χ4v) is 8.52. The van der Waals surface area contributed by atoms with Crippen molar-refractivity contribution in [3.63, 3.8) is 0 Å². The fourth-order valence-electron chi connectivity index (χ4n) is 8.52. The highest BCUT2D eigenvalue weighted by molar-refractivity contribution is 6.00. The van der Waals surface area contributed by atoms with Gasteiger partial charge in [0.1, 0.15) is 0 Å². The Morgan fingerprint density at radius 3 is 1.48 bits per heavy atom. The molecule has 234 valence electrons. The van der Waals surface area contributed by atoms with E-state index >= 15 is 0 Å². The third-order valence-electron chi connectivity index (χ3n) is 10.9. The lowest BCUT2D eigenvalue weighted by Crippen LogP contribution is -2.40. The van der Waals surface area contributed by atoms with Gasteiger partial charge in [0.05, 0.1) is 0 Å². The minimum atomic E-state index is 0.256. The zero-order valence-corrected chi connectivity index (χ0v) is 27.6. The second-order valence-corrected chi connectivity index (χ2v) is 13.6. The highest BCUT2D eigenvalue weighted by atomic mass is 14.3. The van der Waals surface area contributed by atoms with Gasteiger partial charge in [-0.25, -0.2) is 0 Å². The smallest absolute Gasteiger partial charge is 0.0137 e. The molecule has 0 nitrogen and oxygen atoms in total. The number of rotatable bonds is 4. The van der Waals surface area contributed by atoms with Crippen LogP contribution in [0.3, 0.4) is 0 Å². The molecular formula is C50H34. The van der Waals surface area contributed by atoms with Gasteiger partial charge in [-0.15, -0.1) is 0 Å². The highest BCUT2D eigenvalue weighted by Crippen LogP contribution is 2.42. The van der Waals surface area contributed by atoms with Crippen LogP contribution in [-0.2, 0) is 0 Å². The van der Waals surface area contributed by atoms with E-state index in [1.54, 1.807) is 0 Å². The van der Waals surface area contributed by atoms with Gasteiger partial charge < -0.3 is 0 Å². The van der Waals surface area contributed by atoms with Crippen molar-refractivity contribution in [2.45, 2.75) is 0 Å². The van der Waals surface area contributed by atoms with E-state index in [0.717, 1.165) is 0 Å². The summed E-state index contributed by atoms with van der Waals surface area (Å²) in [5, 5.41) is 10.3. The van der Waals surface area contributed by atoms with E-state index in [1.807, 2.05) is 0 Å². The van der Waals surface area contributed by atoms with Gasteiger partial charge in [0, 0.05) is 11.8 Å². The van der Waals surface area contributed by atoms with Crippen LogP contribution in [0.1, 0.15) is 11.1 Å². The predicted molar refractivity (Wildman–Crippen MR) is 212 cm³/mol. The molecule has 8 aromatic rings. The summed E-state index contributed by atoms with van der Waals surface area (Å²) in [4.78, 5) is 0. The number of fused-ring (bicyclic) bond motifs is 5. The summed E-state index contributed by atoms with van der Waals surface area (Å²) in [7, 11) is 0. The van der Waals surface area contributed by atoms with Gasteiger partial charge in [0.15, 0.2) is 0 Å². The molecule has 2 aliphatic rings. The largest absolute Gasteiger partial charge is 0.0760 e. The van der Waals surface area contributed by atoms with E-state index in [2.05, 4.69) is 194 Å². The van der Waals surface area contributed by atoms with Crippen molar-refractivity contribution in [3.05, 3.63) is 216 Å². The average Bonchev–Trinajstić information content (AvgIpc) is 3.19. The minimum absolute atomic E-state index is 0.256. The molecule has 0 saturated carbocycles. The molecule has 0 saturated heterocycles. The van der Waals surface area contributed by atoms with Crippen LogP contribution < -0.4 is 10.4 Å². The number of benzene rings is 8. The molecule has 0 fully saturated rings. The zero-order chi connectivity index (χ0) is 33.0. The third-order valence-corrected chi connectivity index (χ3v) is 10.9. The normalized spacial score (nSPS) is 16.6. The molecular weight excluding hydrogens is 601 g/mol. The standard InChI is InChI=1S/C50H34/c1-3-15-41-34(11-1)13-9-21-43(41)40-30-29-38-31-37(27-28-39(38)32-40)33-23-25-36(26-24-33)49-45-17-5-7-19-47(45)50(48-20-8-6-18-46(48)49)44-22-10-14-35-12-2-4-16-42(35)44/h1-32,45,47H. The first kappa shape index (κ1) is 28.7. The maximum absolute atomic E-state index is 2.41. The minimum Gasteiger partial charge on any atom is -0.0760 e. The first-order valence-electron chi connectivity index (χ1n) is 17.6. The Kier molecular flexibility index (Phi) is 6.74. The van der Waals surface area contributed by atoms with Gasteiger partial charge >= 0.3 is 0 Å². The lowest BCUT2D eigenvalue weighted by atomic mass is 9.69. The van der Waals surface area contributed by atoms with Gasteiger partial charge in [-0.2, -0.15) is 0 Å². The van der Waals surface area contributed by atoms with Crippen LogP contribution in [0.25, 0.3) is 65.7 Å². The van der Waals surface area contributed by atoms with Crippen molar-refractivity contribution in [1.82, 2.24) is 0 Å². The molecule has 0 spiro atoms. The van der Waals surface area contributed by atoms with Crippen LogP contribution in [0.5, 0.6) is 0 Å². The molecule has 0 heteroatoms. The quantitative estimate of drug-likeness (QED) is 0.181. The van der Waals surface area contributed by atoms with E-state index < -0.39 is 0 Å². The molecule has 0 bridgehead atoms. The molecule has 0 amide bonds. The van der Waals surface area contributed by atoms with Gasteiger partial charge in [0.25, 0.3) is 0 Å². The van der Waals surface area contributed by atoms with Gasteiger partial charge in [-0.1, -0.05) is 182 Å². The third kappa shape index (κ3) is 4.68. The van der Waals surface area contributed by atoms with E-state index in [4.69, 9.17) is 0 Å². The number of hydrogen-bond donors (Lipinski definition) is 0. The van der Waals surface area contributed by atoms with Gasteiger partial charge in [0.2, 0.25) is 0 Å². The Morgan fingerprint density at radius 1 is 0.300 bits per heavy atom. The maximum Gasteiger partial charge on any atom is 0.0137 e. The first-order chi connectivity index (χ1) is 24.8. The van der Waals surface area contributed by atoms with Crippen LogP contribution >= 0.6 is 0 Å². The second kappa shape index (κ2) is 11.7. The van der Waals surface area contributed by atoms with Crippen molar-refractivity contribution in [3.8, 4) is 22.3 Å². The Bertz CT molecular complexity index is 2800. The summed E-state index contributed by atoms with van der Waals surface area (Å²) >= 11 is 0. The summed E-state index contributed by atoms with van der Waals surface area (Å²) in [5.74, 6) is 0.515. The fraction of sp³-hybridized carbons (Fsp3) is 0.0400. The van der Waals surface area contributed by atoms with E-state index in [1.165, 1.54) is 87.3 Å². The van der Waals surface area contributed by atoms with Crippen LogP contribution in [0.15, 0.2) is 194 Å². The summed E-state index contributed by atoms with van der Waals surface area (Å²) in [5.41, 5.74) is 10.4. The Balaban J connectivity index is 1.06. The summed E-state index contributed by atoms with van der Waals surface area (Å²) in [6.45, 7) is 0. The highest BCUT2D eigenvalue weighted by Gasteiger charge is 2.32. The maximum atomic E-state index is 2.41. The predicted octanol–water partition coefficient (Wildman–Crippen LogP) is 11.3. The molecule has 2 aliphatic carbocycles. The Morgan fingerprint density at radius 2 is 0.780 bits per heavy atom. The molecule has 0 radical (unpaired) electrons. The van der Waals surface area contributed by atoms with Crippen LogP contribution in [0.4, 0.5) is 0 Å². The van der Waals surface area contributed by atoms with Crippen molar-refractivity contribution < 1.29 is 0 Å². The molecule has 50 heavy (non-hydrogen) atoms. The second-order valence-electron chi connectivity index (χ2n) is 13.6. The lowest BCUT2D eigenvalue weighted by Gasteiger charge is -2.33. The van der Waals surface area contributed by atoms with Crippen molar-refractivity contribution >= 4 is 43.5 Å². The average molecular weight is 635 g/mol. The van der Waals surface area contributed by atoms with E-state index in [9.17, 15) is 0 Å². The molecule has 0 aliphatic heterocycles. The molecule has 2 unspecified atom stereocenters. The van der Waals surface area contributed by atoms with E-state index in [0.29, 0.717) is 0 Å². The van der Waals surface area contributed by atoms with Crippen LogP contribution in [-0.4, -0.2) is 0 Å². The molecule has 10 rings (SSSR count). The van der Waals surface area contributed by atoms with Crippen LogP contribution in [0.2, 0.25) is 0 Å². The molecule has 0 aromatic heterocycles. The lowest BCUT2D eigenvalue weighted by molar-refractivity contribution is 0.687. The molecule has 2 atom stereocenters. The van der Waals surface area contributed by atoms with Gasteiger partial charge in [-0.05, 0) is 99.4 Å². The molecule has 0 N–H and O–H groups in total. The summed E-state index contributed by atoms with van der Waals surface area (Å²) in [6.07, 6.45) is 9.27. The van der Waals surface area contributed by atoms with Crippen LogP contribution in [0, 0.1) is 11.8 Å². The molecule has 0 heterocycles. The Hall–Kier alpha value is -6.24. The first-order valence-corrected chi connectivity index (χ1v) is 17.6. The van der Waals surface area contributed by atoms with E-state index in [-0.39, 0.29) is 11.8 Å². The van der Waals surface area contributed by atoms with Gasteiger partial charge in [-0.3, -0.25) is 0 Å².